The lowest BCUT2D eigenvalue weighted by molar-refractivity contribution is -0.142. The van der Waals surface area contributed by atoms with Crippen molar-refractivity contribution in [3.05, 3.63) is 68.7 Å². The first-order valence-corrected chi connectivity index (χ1v) is 11.4. The molecule has 2 aromatic carbocycles. The quantitative estimate of drug-likeness (QED) is 0.640. The molecule has 8 heteroatoms. The Kier molecular flexibility index (Phi) is 6.77. The summed E-state index contributed by atoms with van der Waals surface area (Å²) in [5, 5.41) is 1.56. The fourth-order valence-electron chi connectivity index (χ4n) is 4.42. The number of piperazine rings is 1. The fourth-order valence-corrected chi connectivity index (χ4v) is 5.19. The van der Waals surface area contributed by atoms with E-state index in [1.165, 1.54) is 0 Å². The number of nitrogens with zero attached hydrogens (tertiary/aromatic N) is 2. The maximum atomic E-state index is 13.8. The predicted octanol–water partition coefficient (Wildman–Crippen LogP) is 4.68. The molecule has 2 aliphatic rings. The number of carbonyl (C=O) groups excluding carboxylic acids is 2. The van der Waals surface area contributed by atoms with Crippen LogP contribution in [0, 0.1) is 0 Å². The van der Waals surface area contributed by atoms with Crippen LogP contribution in [0.25, 0.3) is 0 Å². The number of hydrogen-bond acceptors (Lipinski definition) is 3. The van der Waals surface area contributed by atoms with Crippen LogP contribution >= 0.6 is 34.8 Å². The van der Waals surface area contributed by atoms with Crippen molar-refractivity contribution in [1.82, 2.24) is 9.80 Å². The van der Waals surface area contributed by atoms with Crippen molar-refractivity contribution in [1.29, 1.82) is 0 Å². The van der Waals surface area contributed by atoms with Gasteiger partial charge in [0.1, 0.15) is 0 Å². The number of ether oxygens (including phenoxy) is 1. The molecule has 0 aromatic heterocycles. The zero-order chi connectivity index (χ0) is 22.0. The lowest BCUT2D eigenvalue weighted by atomic mass is 9.72. The molecule has 2 heterocycles. The van der Waals surface area contributed by atoms with Crippen LogP contribution in [0.3, 0.4) is 0 Å². The molecule has 2 amide bonds. The van der Waals surface area contributed by atoms with Crippen molar-refractivity contribution in [2.24, 2.45) is 0 Å². The van der Waals surface area contributed by atoms with Crippen LogP contribution < -0.4 is 0 Å². The average Bonchev–Trinajstić information content (AvgIpc) is 2.78. The molecule has 31 heavy (non-hydrogen) atoms. The summed E-state index contributed by atoms with van der Waals surface area (Å²) in [5.41, 5.74) is 0.615. The molecule has 0 spiro atoms. The number of carbonyl (C=O) groups is 2. The van der Waals surface area contributed by atoms with Crippen molar-refractivity contribution in [3.63, 3.8) is 0 Å². The molecular weight excluding hydrogens is 459 g/mol. The van der Waals surface area contributed by atoms with Gasteiger partial charge in [0.15, 0.2) is 0 Å². The molecule has 0 saturated carbocycles. The molecule has 5 nitrogen and oxygen atoms in total. The van der Waals surface area contributed by atoms with Gasteiger partial charge >= 0.3 is 0 Å². The van der Waals surface area contributed by atoms with Gasteiger partial charge < -0.3 is 14.5 Å². The van der Waals surface area contributed by atoms with E-state index in [0.717, 1.165) is 5.56 Å². The van der Waals surface area contributed by atoms with Crippen LogP contribution in [0.15, 0.2) is 42.5 Å². The van der Waals surface area contributed by atoms with Crippen molar-refractivity contribution in [2.45, 2.75) is 18.3 Å². The van der Waals surface area contributed by atoms with E-state index < -0.39 is 5.41 Å². The van der Waals surface area contributed by atoms with Gasteiger partial charge in [-0.1, -0.05) is 46.9 Å². The third kappa shape index (κ3) is 4.56. The summed E-state index contributed by atoms with van der Waals surface area (Å²) in [7, 11) is 0. The second kappa shape index (κ2) is 9.37. The molecule has 2 saturated heterocycles. The number of amides is 2. The van der Waals surface area contributed by atoms with Gasteiger partial charge in [-0.25, -0.2) is 0 Å². The summed E-state index contributed by atoms with van der Waals surface area (Å²) in [6, 6.07) is 12.2. The van der Waals surface area contributed by atoms with Gasteiger partial charge in [0.05, 0.1) is 5.41 Å². The maximum absolute atomic E-state index is 13.8. The monoisotopic (exact) mass is 480 g/mol. The van der Waals surface area contributed by atoms with E-state index in [0.29, 0.717) is 72.9 Å². The van der Waals surface area contributed by atoms with E-state index in [4.69, 9.17) is 39.5 Å². The number of benzene rings is 2. The lowest BCUT2D eigenvalue weighted by Gasteiger charge is -2.43. The third-order valence-corrected chi connectivity index (χ3v) is 6.91. The van der Waals surface area contributed by atoms with Crippen LogP contribution in [0.5, 0.6) is 0 Å². The minimum Gasteiger partial charge on any atom is -0.381 e. The van der Waals surface area contributed by atoms with Gasteiger partial charge in [-0.2, -0.15) is 0 Å². The largest absolute Gasteiger partial charge is 0.381 e. The van der Waals surface area contributed by atoms with E-state index in [1.807, 2.05) is 11.0 Å². The van der Waals surface area contributed by atoms with Crippen LogP contribution in [-0.4, -0.2) is 61.0 Å². The average molecular weight is 482 g/mol. The zero-order valence-corrected chi connectivity index (χ0v) is 19.2. The first-order valence-electron chi connectivity index (χ1n) is 10.3. The minimum atomic E-state index is -0.737. The smallest absolute Gasteiger partial charge is 0.254 e. The number of rotatable bonds is 3. The normalized spacial score (nSPS) is 18.7. The minimum absolute atomic E-state index is 0.0369. The molecule has 0 atom stereocenters. The molecule has 4 rings (SSSR count). The molecule has 0 aliphatic carbocycles. The predicted molar refractivity (Wildman–Crippen MR) is 122 cm³/mol. The van der Waals surface area contributed by atoms with Gasteiger partial charge in [-0.05, 0) is 48.7 Å². The van der Waals surface area contributed by atoms with Crippen LogP contribution in [-0.2, 0) is 14.9 Å². The molecule has 164 valence electrons. The highest BCUT2D eigenvalue weighted by Gasteiger charge is 2.46. The Morgan fingerprint density at radius 2 is 1.48 bits per heavy atom. The molecule has 2 aliphatic heterocycles. The highest BCUT2D eigenvalue weighted by atomic mass is 35.5. The van der Waals surface area contributed by atoms with Crippen molar-refractivity contribution in [3.8, 4) is 0 Å². The molecule has 0 N–H and O–H groups in total. The summed E-state index contributed by atoms with van der Waals surface area (Å²) in [4.78, 5) is 30.2. The highest BCUT2D eigenvalue weighted by molar-refractivity contribution is 6.35. The SMILES string of the molecule is O=C(c1cccc(Cl)c1)N1CCN(C(=O)C2(c3ccc(Cl)cc3Cl)CCOCC2)CC1. The first kappa shape index (κ1) is 22.4. The fraction of sp³-hybridized carbons (Fsp3) is 0.391. The van der Waals surface area contributed by atoms with Gasteiger partial charge in [0, 0.05) is 60.0 Å². The summed E-state index contributed by atoms with van der Waals surface area (Å²) in [5.74, 6) is -0.0361. The summed E-state index contributed by atoms with van der Waals surface area (Å²) in [6.07, 6.45) is 1.13. The Morgan fingerprint density at radius 3 is 2.13 bits per heavy atom. The van der Waals surface area contributed by atoms with E-state index >= 15 is 0 Å². The Bertz CT molecular complexity index is 984. The Balaban J connectivity index is 1.51. The molecule has 0 unspecified atom stereocenters. The van der Waals surface area contributed by atoms with E-state index in [9.17, 15) is 9.59 Å². The second-order valence-corrected chi connectivity index (χ2v) is 9.19. The standard InChI is InChI=1S/C23H23Cl3N2O3/c24-17-3-1-2-16(14-17)21(29)27-8-10-28(11-9-27)22(30)23(6-12-31-13-7-23)19-5-4-18(25)15-20(19)26/h1-5,14-15H,6-13H2. The van der Waals surface area contributed by atoms with Crippen LogP contribution in [0.1, 0.15) is 28.8 Å². The Morgan fingerprint density at radius 1 is 0.839 bits per heavy atom. The summed E-state index contributed by atoms with van der Waals surface area (Å²) in [6.45, 7) is 2.88. The van der Waals surface area contributed by atoms with Gasteiger partial charge in [-0.3, -0.25) is 9.59 Å². The van der Waals surface area contributed by atoms with Crippen LogP contribution in [0.4, 0.5) is 0 Å². The first-order chi connectivity index (χ1) is 14.9. The molecular formula is C23H23Cl3N2O3. The summed E-state index contributed by atoms with van der Waals surface area (Å²) >= 11 is 18.6. The zero-order valence-electron chi connectivity index (χ0n) is 17.0. The highest BCUT2D eigenvalue weighted by Crippen LogP contribution is 2.41. The van der Waals surface area contributed by atoms with E-state index in [1.54, 1.807) is 41.3 Å². The van der Waals surface area contributed by atoms with Gasteiger partial charge in [-0.15, -0.1) is 0 Å². The van der Waals surface area contributed by atoms with Gasteiger partial charge in [0.25, 0.3) is 5.91 Å². The van der Waals surface area contributed by atoms with Crippen molar-refractivity contribution < 1.29 is 14.3 Å². The Labute approximate surface area is 196 Å². The maximum Gasteiger partial charge on any atom is 0.254 e. The summed E-state index contributed by atoms with van der Waals surface area (Å²) < 4.78 is 5.55. The van der Waals surface area contributed by atoms with Crippen LogP contribution in [0.2, 0.25) is 15.1 Å². The molecule has 0 radical (unpaired) electrons. The van der Waals surface area contributed by atoms with Crippen molar-refractivity contribution in [2.75, 3.05) is 39.4 Å². The third-order valence-electron chi connectivity index (χ3n) is 6.13. The van der Waals surface area contributed by atoms with E-state index in [2.05, 4.69) is 0 Å². The topological polar surface area (TPSA) is 49.9 Å². The second-order valence-electron chi connectivity index (χ2n) is 7.91. The lowest BCUT2D eigenvalue weighted by Crippen LogP contribution is -2.56. The van der Waals surface area contributed by atoms with E-state index in [-0.39, 0.29) is 11.8 Å². The van der Waals surface area contributed by atoms with Crippen molar-refractivity contribution >= 4 is 46.6 Å². The number of hydrogen-bond donors (Lipinski definition) is 0. The number of halogens is 3. The molecule has 2 aromatic rings. The molecule has 2 fully saturated rings. The Hall–Kier alpha value is -1.79. The van der Waals surface area contributed by atoms with Gasteiger partial charge in [0.2, 0.25) is 5.91 Å². The molecule has 0 bridgehead atoms.